The van der Waals surface area contributed by atoms with Gasteiger partial charge >= 0.3 is 0 Å². The van der Waals surface area contributed by atoms with Crippen LogP contribution >= 0.6 is 0 Å². The molecular weight excluding hydrogens is 228 g/mol. The third-order valence-corrected chi connectivity index (χ3v) is 2.73. The van der Waals surface area contributed by atoms with Gasteiger partial charge in [0.2, 0.25) is 0 Å². The lowest BCUT2D eigenvalue weighted by molar-refractivity contribution is 0.199. The summed E-state index contributed by atoms with van der Waals surface area (Å²) in [5.74, 6) is 1.46. The van der Waals surface area contributed by atoms with E-state index in [9.17, 15) is 5.11 Å². The van der Waals surface area contributed by atoms with Crippen LogP contribution in [0.4, 0.5) is 5.82 Å². The zero-order chi connectivity index (χ0) is 13.5. The molecule has 18 heavy (non-hydrogen) atoms. The first kappa shape index (κ1) is 14.9. The van der Waals surface area contributed by atoms with Crippen molar-refractivity contribution in [1.82, 2.24) is 4.98 Å². The van der Waals surface area contributed by atoms with Gasteiger partial charge in [0.15, 0.2) is 0 Å². The van der Waals surface area contributed by atoms with Gasteiger partial charge in [0.1, 0.15) is 5.82 Å². The smallest absolute Gasteiger partial charge is 0.128 e. The number of nitrogens with zero attached hydrogens (tertiary/aromatic N) is 2. The number of hydrogen-bond acceptors (Lipinski definition) is 4. The molecule has 4 heteroatoms. The first-order valence-corrected chi connectivity index (χ1v) is 6.42. The lowest BCUT2D eigenvalue weighted by Crippen LogP contribution is -2.31. The summed E-state index contributed by atoms with van der Waals surface area (Å²) in [6.45, 7) is 8.54. The quantitative estimate of drug-likeness (QED) is 0.808. The maximum atomic E-state index is 9.62. The Balaban J connectivity index is 2.85. The molecule has 1 rings (SSSR count). The maximum absolute atomic E-state index is 9.62. The normalized spacial score (nSPS) is 12.8. The minimum atomic E-state index is -0.463. The molecule has 0 amide bonds. The summed E-state index contributed by atoms with van der Waals surface area (Å²) in [6.07, 6.45) is 1.28. The highest BCUT2D eigenvalue weighted by Crippen LogP contribution is 2.18. The number of rotatable bonds is 7. The van der Waals surface area contributed by atoms with Gasteiger partial charge in [-0.3, -0.25) is 0 Å². The van der Waals surface area contributed by atoms with Gasteiger partial charge in [0.25, 0.3) is 0 Å². The van der Waals surface area contributed by atoms with E-state index in [0.29, 0.717) is 12.5 Å². The Morgan fingerprint density at radius 2 is 2.11 bits per heavy atom. The summed E-state index contributed by atoms with van der Waals surface area (Å²) in [4.78, 5) is 6.58. The average molecular weight is 252 g/mol. The molecule has 0 saturated carbocycles. The van der Waals surface area contributed by atoms with Gasteiger partial charge in [-0.05, 0) is 30.5 Å². The van der Waals surface area contributed by atoms with E-state index in [1.165, 1.54) is 0 Å². The number of aliphatic hydroxyl groups excluding tert-OH is 1. The van der Waals surface area contributed by atoms with E-state index in [0.717, 1.165) is 24.5 Å². The number of aliphatic hydroxyl groups is 1. The van der Waals surface area contributed by atoms with Crippen LogP contribution < -0.4 is 4.90 Å². The molecule has 1 aromatic rings. The second-order valence-corrected chi connectivity index (χ2v) is 4.96. The van der Waals surface area contributed by atoms with E-state index >= 15 is 0 Å². The fraction of sp³-hybridized carbons (Fsp3) is 0.643. The van der Waals surface area contributed by atoms with Crippen molar-refractivity contribution in [3.05, 3.63) is 23.9 Å². The Labute approximate surface area is 110 Å². The largest absolute Gasteiger partial charge is 0.389 e. The Bertz CT molecular complexity index is 353. The number of pyridine rings is 1. The van der Waals surface area contributed by atoms with E-state index in [4.69, 9.17) is 4.74 Å². The van der Waals surface area contributed by atoms with Gasteiger partial charge in [0.05, 0.1) is 12.7 Å². The topological polar surface area (TPSA) is 45.6 Å². The molecule has 1 aromatic heterocycles. The van der Waals surface area contributed by atoms with Gasteiger partial charge < -0.3 is 14.7 Å². The van der Waals surface area contributed by atoms with Crippen LogP contribution in [0.2, 0.25) is 0 Å². The molecule has 0 aliphatic carbocycles. The Morgan fingerprint density at radius 1 is 1.39 bits per heavy atom. The fourth-order valence-corrected chi connectivity index (χ4v) is 1.81. The van der Waals surface area contributed by atoms with Crippen molar-refractivity contribution >= 4 is 5.82 Å². The van der Waals surface area contributed by atoms with Crippen molar-refractivity contribution in [3.63, 3.8) is 0 Å². The molecule has 0 aliphatic rings. The molecule has 0 radical (unpaired) electrons. The van der Waals surface area contributed by atoms with Crippen LogP contribution in [0.1, 0.15) is 32.4 Å². The summed E-state index contributed by atoms with van der Waals surface area (Å²) >= 11 is 0. The number of methoxy groups -OCH3 is 1. The van der Waals surface area contributed by atoms with Crippen LogP contribution in [0.3, 0.4) is 0 Å². The number of aromatic nitrogens is 1. The van der Waals surface area contributed by atoms with Crippen molar-refractivity contribution in [2.45, 2.75) is 26.9 Å². The predicted octanol–water partition coefficient (Wildman–Crippen LogP) is 2.24. The third kappa shape index (κ3) is 4.63. The van der Waals surface area contributed by atoms with Crippen LogP contribution in [-0.4, -0.2) is 36.9 Å². The second-order valence-electron chi connectivity index (χ2n) is 4.96. The Hall–Kier alpha value is -1.13. The number of hydrogen-bond donors (Lipinski definition) is 1. The van der Waals surface area contributed by atoms with Gasteiger partial charge in [-0.25, -0.2) is 4.98 Å². The molecule has 0 aromatic carbocycles. The van der Waals surface area contributed by atoms with Gasteiger partial charge in [0, 0.05) is 26.4 Å². The highest BCUT2D eigenvalue weighted by molar-refractivity contribution is 5.41. The van der Waals surface area contributed by atoms with Crippen LogP contribution in [0.25, 0.3) is 0 Å². The molecule has 1 atom stereocenters. The van der Waals surface area contributed by atoms with Crippen LogP contribution in [0.15, 0.2) is 18.3 Å². The summed E-state index contributed by atoms with van der Waals surface area (Å²) in [5, 5.41) is 9.62. The predicted molar refractivity (Wildman–Crippen MR) is 73.8 cm³/mol. The van der Waals surface area contributed by atoms with Crippen LogP contribution in [0, 0.1) is 5.92 Å². The molecule has 4 nitrogen and oxygen atoms in total. The van der Waals surface area contributed by atoms with E-state index in [2.05, 4.69) is 23.7 Å². The lowest BCUT2D eigenvalue weighted by Gasteiger charge is -2.26. The minimum absolute atomic E-state index is 0.463. The molecule has 0 saturated heterocycles. The van der Waals surface area contributed by atoms with Gasteiger partial charge in [-0.15, -0.1) is 0 Å². The van der Waals surface area contributed by atoms with Crippen LogP contribution in [-0.2, 0) is 4.74 Å². The monoisotopic (exact) mass is 252 g/mol. The first-order chi connectivity index (χ1) is 8.54. The minimum Gasteiger partial charge on any atom is -0.389 e. The molecular formula is C14H24N2O2. The molecule has 1 heterocycles. The third-order valence-electron chi connectivity index (χ3n) is 2.73. The van der Waals surface area contributed by atoms with E-state index in [-0.39, 0.29) is 0 Å². The van der Waals surface area contributed by atoms with Gasteiger partial charge in [-0.2, -0.15) is 0 Å². The molecule has 0 fully saturated rings. The average Bonchev–Trinajstić information content (AvgIpc) is 2.34. The SMILES string of the molecule is COCCN(CC(C)C)c1cc([C@@H](C)O)ccn1. The second kappa shape index (κ2) is 7.34. The van der Waals surface area contributed by atoms with E-state index < -0.39 is 6.10 Å². The zero-order valence-electron chi connectivity index (χ0n) is 11.8. The van der Waals surface area contributed by atoms with Crippen molar-refractivity contribution < 1.29 is 9.84 Å². The van der Waals surface area contributed by atoms with Crippen molar-refractivity contribution in [3.8, 4) is 0 Å². The first-order valence-electron chi connectivity index (χ1n) is 6.42. The number of ether oxygens (including phenoxy) is 1. The van der Waals surface area contributed by atoms with E-state index in [1.807, 2.05) is 12.1 Å². The standard InChI is InChI=1S/C14H24N2O2/c1-11(2)10-16(7-8-18-4)14-9-13(12(3)17)5-6-15-14/h5-6,9,11-12,17H,7-8,10H2,1-4H3/t12-/m1/s1. The lowest BCUT2D eigenvalue weighted by atomic mass is 10.1. The fourth-order valence-electron chi connectivity index (χ4n) is 1.81. The van der Waals surface area contributed by atoms with E-state index in [1.54, 1.807) is 20.2 Å². The van der Waals surface area contributed by atoms with Crippen LogP contribution in [0.5, 0.6) is 0 Å². The molecule has 0 aliphatic heterocycles. The summed E-state index contributed by atoms with van der Waals surface area (Å²) in [7, 11) is 1.70. The molecule has 0 bridgehead atoms. The molecule has 0 unspecified atom stereocenters. The molecule has 102 valence electrons. The maximum Gasteiger partial charge on any atom is 0.128 e. The summed E-state index contributed by atoms with van der Waals surface area (Å²) < 4.78 is 5.13. The Kier molecular flexibility index (Phi) is 6.09. The Morgan fingerprint density at radius 3 is 2.67 bits per heavy atom. The zero-order valence-corrected chi connectivity index (χ0v) is 11.8. The summed E-state index contributed by atoms with van der Waals surface area (Å²) in [5.41, 5.74) is 0.895. The molecule has 0 spiro atoms. The highest BCUT2D eigenvalue weighted by atomic mass is 16.5. The van der Waals surface area contributed by atoms with Crippen molar-refractivity contribution in [2.75, 3.05) is 31.7 Å². The molecule has 1 N–H and O–H groups in total. The summed E-state index contributed by atoms with van der Waals surface area (Å²) in [6, 6.07) is 3.79. The van der Waals surface area contributed by atoms with Crippen molar-refractivity contribution in [1.29, 1.82) is 0 Å². The highest BCUT2D eigenvalue weighted by Gasteiger charge is 2.11. The van der Waals surface area contributed by atoms with Gasteiger partial charge in [-0.1, -0.05) is 13.8 Å². The van der Waals surface area contributed by atoms with Crippen molar-refractivity contribution in [2.24, 2.45) is 5.92 Å². The number of anilines is 1.